The first-order valence-corrected chi connectivity index (χ1v) is 10.1. The standard InChI is InChI=1S/C21H25N5O2/c1-2-21(20(27)22-12-14-9-10-28-25-14)11-15-7-8-18(21)26(15)13-19-23-16-5-3-4-6-17(16)24-19/h3-6,9-10,15,18H,2,7-8,11-13H2,1H3,(H,22,27)(H,23,24)/t15-,18+,21+/m0/s1. The van der Waals surface area contributed by atoms with Crippen LogP contribution in [-0.4, -0.2) is 38.0 Å². The lowest BCUT2D eigenvalue weighted by atomic mass is 9.71. The summed E-state index contributed by atoms with van der Waals surface area (Å²) in [4.78, 5) is 23.9. The number of rotatable bonds is 6. The molecule has 2 fully saturated rings. The summed E-state index contributed by atoms with van der Waals surface area (Å²) >= 11 is 0. The van der Waals surface area contributed by atoms with Crippen LogP contribution in [0.4, 0.5) is 0 Å². The summed E-state index contributed by atoms with van der Waals surface area (Å²) in [5, 5.41) is 6.99. The van der Waals surface area contributed by atoms with Gasteiger partial charge in [0.2, 0.25) is 5.91 Å². The van der Waals surface area contributed by atoms with Gasteiger partial charge in [-0.3, -0.25) is 9.69 Å². The number of fused-ring (bicyclic) bond motifs is 3. The summed E-state index contributed by atoms with van der Waals surface area (Å²) < 4.78 is 4.86. The SMILES string of the molecule is CC[C@@]1(C(=O)NCc2ccon2)C[C@@H]2CC[C@H]1N2Cc1nc2ccccc2[nH]1. The second-order valence-electron chi connectivity index (χ2n) is 8.01. The van der Waals surface area contributed by atoms with Crippen molar-refractivity contribution >= 4 is 16.9 Å². The Labute approximate surface area is 163 Å². The number of imidazole rings is 1. The molecule has 2 saturated heterocycles. The van der Waals surface area contributed by atoms with Gasteiger partial charge in [0.25, 0.3) is 0 Å². The second-order valence-corrected chi connectivity index (χ2v) is 8.01. The van der Waals surface area contributed by atoms with Crippen LogP contribution < -0.4 is 5.32 Å². The van der Waals surface area contributed by atoms with E-state index in [2.05, 4.69) is 33.3 Å². The molecule has 3 atom stereocenters. The lowest BCUT2D eigenvalue weighted by Gasteiger charge is -2.35. The topological polar surface area (TPSA) is 87.1 Å². The molecule has 2 bridgehead atoms. The fraction of sp³-hybridized carbons (Fsp3) is 0.476. The lowest BCUT2D eigenvalue weighted by Crippen LogP contribution is -2.48. The predicted molar refractivity (Wildman–Crippen MR) is 104 cm³/mol. The first-order chi connectivity index (χ1) is 13.7. The number of para-hydroxylation sites is 2. The molecule has 0 saturated carbocycles. The number of carbonyl (C=O) groups is 1. The maximum atomic E-state index is 13.2. The molecule has 3 aromatic rings. The van der Waals surface area contributed by atoms with Gasteiger partial charge in [0, 0.05) is 18.2 Å². The number of H-pyrrole nitrogens is 1. The molecule has 0 unspecified atom stereocenters. The van der Waals surface area contributed by atoms with E-state index in [1.807, 2.05) is 18.2 Å². The van der Waals surface area contributed by atoms with Crippen LogP contribution >= 0.6 is 0 Å². The second kappa shape index (κ2) is 6.74. The highest BCUT2D eigenvalue weighted by molar-refractivity contribution is 5.84. The average molecular weight is 379 g/mol. The molecular formula is C21H25N5O2. The molecule has 28 heavy (non-hydrogen) atoms. The summed E-state index contributed by atoms with van der Waals surface area (Å²) in [7, 11) is 0. The van der Waals surface area contributed by atoms with Gasteiger partial charge in [-0.25, -0.2) is 4.98 Å². The van der Waals surface area contributed by atoms with E-state index in [9.17, 15) is 4.79 Å². The Hall–Kier alpha value is -2.67. The van der Waals surface area contributed by atoms with Gasteiger partial charge >= 0.3 is 0 Å². The van der Waals surface area contributed by atoms with Crippen molar-refractivity contribution in [3.63, 3.8) is 0 Å². The third-order valence-electron chi connectivity index (χ3n) is 6.66. The molecule has 146 valence electrons. The Balaban J connectivity index is 1.34. The maximum Gasteiger partial charge on any atom is 0.228 e. The molecule has 1 aromatic carbocycles. The quantitative estimate of drug-likeness (QED) is 0.687. The molecule has 2 aromatic heterocycles. The van der Waals surface area contributed by atoms with Crippen molar-refractivity contribution in [3.05, 3.63) is 48.1 Å². The average Bonchev–Trinajstić information content (AvgIpc) is 3.50. The first-order valence-electron chi connectivity index (χ1n) is 10.1. The van der Waals surface area contributed by atoms with E-state index < -0.39 is 0 Å². The third kappa shape index (κ3) is 2.73. The minimum Gasteiger partial charge on any atom is -0.364 e. The van der Waals surface area contributed by atoms with E-state index in [4.69, 9.17) is 9.51 Å². The largest absolute Gasteiger partial charge is 0.364 e. The van der Waals surface area contributed by atoms with Gasteiger partial charge < -0.3 is 14.8 Å². The Kier molecular flexibility index (Phi) is 4.19. The van der Waals surface area contributed by atoms with Crippen molar-refractivity contribution in [2.75, 3.05) is 0 Å². The Morgan fingerprint density at radius 2 is 2.25 bits per heavy atom. The third-order valence-corrected chi connectivity index (χ3v) is 6.66. The number of amides is 1. The zero-order valence-corrected chi connectivity index (χ0v) is 16.0. The van der Waals surface area contributed by atoms with Gasteiger partial charge in [-0.2, -0.15) is 0 Å². The van der Waals surface area contributed by atoms with Crippen LogP contribution in [0.2, 0.25) is 0 Å². The van der Waals surface area contributed by atoms with E-state index in [0.717, 1.165) is 54.8 Å². The monoisotopic (exact) mass is 379 g/mol. The summed E-state index contributed by atoms with van der Waals surface area (Å²) in [6, 6.07) is 10.6. The van der Waals surface area contributed by atoms with Crippen molar-refractivity contribution in [2.24, 2.45) is 5.41 Å². The van der Waals surface area contributed by atoms with E-state index in [1.54, 1.807) is 6.07 Å². The van der Waals surface area contributed by atoms with E-state index >= 15 is 0 Å². The minimum absolute atomic E-state index is 0.139. The van der Waals surface area contributed by atoms with Gasteiger partial charge in [-0.05, 0) is 37.8 Å². The van der Waals surface area contributed by atoms with Crippen LogP contribution in [0.5, 0.6) is 0 Å². The summed E-state index contributed by atoms with van der Waals surface area (Å²) in [6.45, 7) is 3.32. The number of hydrogen-bond acceptors (Lipinski definition) is 5. The molecule has 7 heteroatoms. The highest BCUT2D eigenvalue weighted by Crippen LogP contribution is 2.52. The number of nitrogens with zero attached hydrogens (tertiary/aromatic N) is 3. The molecule has 0 aliphatic carbocycles. The van der Waals surface area contributed by atoms with Crippen molar-refractivity contribution in [1.82, 2.24) is 25.3 Å². The van der Waals surface area contributed by atoms with Crippen LogP contribution in [0.3, 0.4) is 0 Å². The number of aromatic nitrogens is 3. The highest BCUT2D eigenvalue weighted by Gasteiger charge is 2.58. The van der Waals surface area contributed by atoms with Gasteiger partial charge in [-0.1, -0.05) is 24.2 Å². The van der Waals surface area contributed by atoms with Crippen LogP contribution in [0.1, 0.15) is 44.1 Å². The van der Waals surface area contributed by atoms with Gasteiger partial charge in [0.05, 0.1) is 29.5 Å². The van der Waals surface area contributed by atoms with Gasteiger partial charge in [-0.15, -0.1) is 0 Å². The number of aromatic amines is 1. The first kappa shape index (κ1) is 17.4. The van der Waals surface area contributed by atoms with Gasteiger partial charge in [0.1, 0.15) is 17.8 Å². The fourth-order valence-corrected chi connectivity index (χ4v) is 5.26. The fourth-order valence-electron chi connectivity index (χ4n) is 5.26. The molecule has 1 amide bonds. The van der Waals surface area contributed by atoms with E-state index in [0.29, 0.717) is 12.6 Å². The number of carbonyl (C=O) groups excluding carboxylic acids is 1. The van der Waals surface area contributed by atoms with Crippen LogP contribution in [0.25, 0.3) is 11.0 Å². The van der Waals surface area contributed by atoms with Crippen molar-refractivity contribution in [2.45, 2.75) is 57.8 Å². The zero-order valence-electron chi connectivity index (χ0n) is 16.0. The Bertz CT molecular complexity index is 949. The smallest absolute Gasteiger partial charge is 0.228 e. The molecule has 2 aliphatic heterocycles. The van der Waals surface area contributed by atoms with Crippen molar-refractivity contribution in [3.8, 4) is 0 Å². The normalized spacial score (nSPS) is 26.9. The number of nitrogens with one attached hydrogen (secondary N) is 2. The summed E-state index contributed by atoms with van der Waals surface area (Å²) in [5.74, 6) is 1.12. The maximum absolute atomic E-state index is 13.2. The van der Waals surface area contributed by atoms with Crippen molar-refractivity contribution < 1.29 is 9.32 Å². The molecule has 7 nitrogen and oxygen atoms in total. The van der Waals surface area contributed by atoms with E-state index in [1.165, 1.54) is 6.26 Å². The van der Waals surface area contributed by atoms with Crippen LogP contribution in [0.15, 0.2) is 41.1 Å². The van der Waals surface area contributed by atoms with Gasteiger partial charge in [0.15, 0.2) is 0 Å². The molecule has 2 N–H and O–H groups in total. The number of hydrogen-bond donors (Lipinski definition) is 2. The molecule has 5 rings (SSSR count). The molecule has 4 heterocycles. The number of benzene rings is 1. The summed E-state index contributed by atoms with van der Waals surface area (Å²) in [5.41, 5.74) is 2.48. The molecular weight excluding hydrogens is 354 g/mol. The molecule has 2 aliphatic rings. The van der Waals surface area contributed by atoms with Crippen LogP contribution in [0, 0.1) is 5.41 Å². The van der Waals surface area contributed by atoms with E-state index in [-0.39, 0.29) is 17.4 Å². The van der Waals surface area contributed by atoms with Crippen LogP contribution in [-0.2, 0) is 17.9 Å². The zero-order chi connectivity index (χ0) is 19.1. The van der Waals surface area contributed by atoms with Crippen molar-refractivity contribution in [1.29, 1.82) is 0 Å². The molecule has 0 spiro atoms. The highest BCUT2D eigenvalue weighted by atomic mass is 16.5. The Morgan fingerprint density at radius 3 is 3.04 bits per heavy atom. The summed E-state index contributed by atoms with van der Waals surface area (Å²) in [6.07, 6.45) is 5.51. The predicted octanol–water partition coefficient (Wildman–Crippen LogP) is 3.00. The minimum atomic E-state index is -0.335. The lowest BCUT2D eigenvalue weighted by molar-refractivity contribution is -0.133. The molecule has 0 radical (unpaired) electrons. The Morgan fingerprint density at radius 1 is 1.36 bits per heavy atom.